The Morgan fingerprint density at radius 1 is 1.50 bits per heavy atom. The predicted molar refractivity (Wildman–Crippen MR) is 53.3 cm³/mol. The van der Waals surface area contributed by atoms with Crippen LogP contribution in [0.15, 0.2) is 18.2 Å². The molecule has 78 valence electrons. The van der Waals surface area contributed by atoms with Crippen LogP contribution in [0.5, 0.6) is 11.5 Å². The lowest BCUT2D eigenvalue weighted by Gasteiger charge is -2.12. The summed E-state index contributed by atoms with van der Waals surface area (Å²) in [6.07, 6.45) is 0. The maximum atomic E-state index is 9.46. The normalized spacial score (nSPS) is 12.5. The van der Waals surface area contributed by atoms with Gasteiger partial charge in [-0.3, -0.25) is 0 Å². The Labute approximate surface area is 82.9 Å². The van der Waals surface area contributed by atoms with Crippen LogP contribution in [0.1, 0.15) is 18.5 Å². The van der Waals surface area contributed by atoms with E-state index in [1.807, 2.05) is 6.92 Å². The monoisotopic (exact) mass is 197 g/mol. The van der Waals surface area contributed by atoms with Gasteiger partial charge in [0, 0.05) is 5.56 Å². The van der Waals surface area contributed by atoms with E-state index in [1.165, 1.54) is 6.07 Å². The number of phenolic OH excluding ortho intramolecular Hbond substituents is 1. The third-order valence-electron chi connectivity index (χ3n) is 1.91. The molecule has 0 bridgehead atoms. The van der Waals surface area contributed by atoms with Crippen molar-refractivity contribution in [2.24, 2.45) is 5.73 Å². The van der Waals surface area contributed by atoms with E-state index in [0.717, 1.165) is 0 Å². The lowest BCUT2D eigenvalue weighted by Crippen LogP contribution is -2.14. The van der Waals surface area contributed by atoms with Crippen molar-refractivity contribution >= 4 is 0 Å². The van der Waals surface area contributed by atoms with E-state index in [2.05, 4.69) is 0 Å². The Morgan fingerprint density at radius 2 is 2.21 bits per heavy atom. The molecule has 0 unspecified atom stereocenters. The van der Waals surface area contributed by atoms with Gasteiger partial charge in [0.1, 0.15) is 11.5 Å². The number of aliphatic hydroxyl groups excluding tert-OH is 1. The van der Waals surface area contributed by atoms with Gasteiger partial charge in [-0.2, -0.15) is 0 Å². The Morgan fingerprint density at radius 3 is 2.79 bits per heavy atom. The average molecular weight is 197 g/mol. The minimum absolute atomic E-state index is 0.0787. The molecular formula is C10H15NO3. The third-order valence-corrected chi connectivity index (χ3v) is 1.91. The summed E-state index contributed by atoms with van der Waals surface area (Å²) in [5, 5.41) is 18.3. The summed E-state index contributed by atoms with van der Waals surface area (Å²) in [5.74, 6) is 0.721. The summed E-state index contributed by atoms with van der Waals surface area (Å²) in [6, 6.07) is 4.23. The second-order valence-corrected chi connectivity index (χ2v) is 2.94. The van der Waals surface area contributed by atoms with Crippen molar-refractivity contribution in [1.82, 2.24) is 0 Å². The zero-order valence-electron chi connectivity index (χ0n) is 8.10. The molecule has 0 aromatic heterocycles. The smallest absolute Gasteiger partial charge is 0.120 e. The molecule has 4 heteroatoms. The van der Waals surface area contributed by atoms with Crippen LogP contribution in [0.2, 0.25) is 0 Å². The average Bonchev–Trinajstić information content (AvgIpc) is 2.20. The summed E-state index contributed by atoms with van der Waals surface area (Å²) in [6.45, 7) is 2.22. The lowest BCUT2D eigenvalue weighted by molar-refractivity contribution is 0.264. The van der Waals surface area contributed by atoms with E-state index in [0.29, 0.717) is 17.9 Å². The van der Waals surface area contributed by atoms with E-state index in [4.69, 9.17) is 15.6 Å². The first-order chi connectivity index (χ1) is 6.69. The molecule has 0 amide bonds. The first-order valence-corrected chi connectivity index (χ1v) is 4.51. The van der Waals surface area contributed by atoms with Gasteiger partial charge in [0.2, 0.25) is 0 Å². The van der Waals surface area contributed by atoms with Crippen molar-refractivity contribution in [3.05, 3.63) is 23.8 Å². The summed E-state index contributed by atoms with van der Waals surface area (Å²) in [4.78, 5) is 0. The molecule has 1 atom stereocenters. The molecule has 0 aliphatic carbocycles. The Bertz CT molecular complexity index is 301. The number of aliphatic hydroxyl groups is 1. The largest absolute Gasteiger partial charge is 0.508 e. The molecule has 0 heterocycles. The van der Waals surface area contributed by atoms with Gasteiger partial charge < -0.3 is 20.7 Å². The van der Waals surface area contributed by atoms with Crippen molar-refractivity contribution in [3.63, 3.8) is 0 Å². The summed E-state index contributed by atoms with van der Waals surface area (Å²) in [5.41, 5.74) is 6.09. The van der Waals surface area contributed by atoms with Crippen LogP contribution in [0.4, 0.5) is 0 Å². The predicted octanol–water partition coefficient (Wildman–Crippen LogP) is 0.783. The van der Waals surface area contributed by atoms with Gasteiger partial charge in [-0.05, 0) is 25.1 Å². The quantitative estimate of drug-likeness (QED) is 0.666. The van der Waals surface area contributed by atoms with Gasteiger partial charge in [-0.25, -0.2) is 0 Å². The molecule has 4 nitrogen and oxygen atoms in total. The fourth-order valence-corrected chi connectivity index (χ4v) is 1.18. The van der Waals surface area contributed by atoms with Crippen LogP contribution in [-0.4, -0.2) is 23.4 Å². The zero-order valence-corrected chi connectivity index (χ0v) is 8.10. The number of ether oxygens (including phenoxy) is 1. The number of benzene rings is 1. The van der Waals surface area contributed by atoms with Crippen molar-refractivity contribution in [1.29, 1.82) is 0 Å². The van der Waals surface area contributed by atoms with E-state index >= 15 is 0 Å². The van der Waals surface area contributed by atoms with Crippen molar-refractivity contribution in [3.8, 4) is 11.5 Å². The number of nitrogens with two attached hydrogens (primary N) is 1. The second kappa shape index (κ2) is 4.83. The Hall–Kier alpha value is -1.26. The fraction of sp³-hybridized carbons (Fsp3) is 0.400. The summed E-state index contributed by atoms with van der Waals surface area (Å²) in [7, 11) is 0. The topological polar surface area (TPSA) is 75.7 Å². The molecule has 1 rings (SSSR count). The minimum atomic E-state index is -0.574. The highest BCUT2D eigenvalue weighted by Gasteiger charge is 2.10. The molecule has 1 aromatic rings. The first kappa shape index (κ1) is 10.8. The second-order valence-electron chi connectivity index (χ2n) is 2.94. The number of phenols is 1. The van der Waals surface area contributed by atoms with E-state index < -0.39 is 6.04 Å². The van der Waals surface area contributed by atoms with Crippen molar-refractivity contribution in [2.75, 3.05) is 13.2 Å². The van der Waals surface area contributed by atoms with Crippen LogP contribution in [0, 0.1) is 0 Å². The molecule has 0 aliphatic heterocycles. The molecule has 0 spiro atoms. The SMILES string of the molecule is CCOc1ccc(O)c([C@@H](N)CO)c1. The first-order valence-electron chi connectivity index (χ1n) is 4.51. The van der Waals surface area contributed by atoms with Gasteiger partial charge >= 0.3 is 0 Å². The van der Waals surface area contributed by atoms with E-state index in [-0.39, 0.29) is 12.4 Å². The molecular weight excluding hydrogens is 182 g/mol. The maximum Gasteiger partial charge on any atom is 0.120 e. The standard InChI is InChI=1S/C10H15NO3/c1-2-14-7-3-4-10(13)8(5-7)9(11)6-12/h3-5,9,12-13H,2,6,11H2,1H3/t9-/m0/s1. The molecule has 0 radical (unpaired) electrons. The van der Waals surface area contributed by atoms with Gasteiger partial charge in [0.15, 0.2) is 0 Å². The molecule has 0 fully saturated rings. The van der Waals surface area contributed by atoms with Crippen molar-refractivity contribution < 1.29 is 14.9 Å². The van der Waals surface area contributed by atoms with Gasteiger partial charge in [0.05, 0.1) is 19.3 Å². The fourth-order valence-electron chi connectivity index (χ4n) is 1.18. The number of hydrogen-bond acceptors (Lipinski definition) is 4. The van der Waals surface area contributed by atoms with Gasteiger partial charge in [-0.1, -0.05) is 0 Å². The summed E-state index contributed by atoms with van der Waals surface area (Å²) < 4.78 is 5.25. The minimum Gasteiger partial charge on any atom is -0.508 e. The molecule has 0 saturated heterocycles. The number of aromatic hydroxyl groups is 1. The highest BCUT2D eigenvalue weighted by molar-refractivity contribution is 5.41. The zero-order chi connectivity index (χ0) is 10.6. The van der Waals surface area contributed by atoms with Gasteiger partial charge in [0.25, 0.3) is 0 Å². The third kappa shape index (κ3) is 2.37. The van der Waals surface area contributed by atoms with E-state index in [1.54, 1.807) is 12.1 Å². The highest BCUT2D eigenvalue weighted by Crippen LogP contribution is 2.27. The number of rotatable bonds is 4. The van der Waals surface area contributed by atoms with Crippen LogP contribution < -0.4 is 10.5 Å². The van der Waals surface area contributed by atoms with Crippen molar-refractivity contribution in [2.45, 2.75) is 13.0 Å². The maximum absolute atomic E-state index is 9.46. The molecule has 4 N–H and O–H groups in total. The van der Waals surface area contributed by atoms with Crippen LogP contribution in [0.25, 0.3) is 0 Å². The van der Waals surface area contributed by atoms with Gasteiger partial charge in [-0.15, -0.1) is 0 Å². The van der Waals surface area contributed by atoms with Crippen LogP contribution in [0.3, 0.4) is 0 Å². The Balaban J connectivity index is 2.95. The van der Waals surface area contributed by atoms with E-state index in [9.17, 15) is 5.11 Å². The molecule has 1 aromatic carbocycles. The Kier molecular flexibility index (Phi) is 3.73. The molecule has 0 aliphatic rings. The highest BCUT2D eigenvalue weighted by atomic mass is 16.5. The lowest BCUT2D eigenvalue weighted by atomic mass is 10.1. The van der Waals surface area contributed by atoms with Crippen LogP contribution in [-0.2, 0) is 0 Å². The summed E-state index contributed by atoms with van der Waals surface area (Å²) >= 11 is 0. The van der Waals surface area contributed by atoms with Crippen LogP contribution >= 0.6 is 0 Å². The molecule has 0 saturated carbocycles. The molecule has 14 heavy (non-hydrogen) atoms. The number of hydrogen-bond donors (Lipinski definition) is 3.